The van der Waals surface area contributed by atoms with Crippen molar-refractivity contribution >= 4 is 24.1 Å². The molecule has 2 aliphatic heterocycles. The zero-order valence-corrected chi connectivity index (χ0v) is 17.0. The molecule has 1 aromatic carbocycles. The van der Waals surface area contributed by atoms with Gasteiger partial charge >= 0.3 is 0 Å². The Bertz CT molecular complexity index is 828. The van der Waals surface area contributed by atoms with Gasteiger partial charge in [0.1, 0.15) is 11.5 Å². The molecule has 4 rings (SSSR count). The highest BCUT2D eigenvalue weighted by atomic mass is 16.5. The molecule has 0 atom stereocenters. The lowest BCUT2D eigenvalue weighted by molar-refractivity contribution is 0.394. The summed E-state index contributed by atoms with van der Waals surface area (Å²) < 4.78 is 10.6. The molecule has 0 bridgehead atoms. The van der Waals surface area contributed by atoms with Crippen LogP contribution in [0.3, 0.4) is 0 Å². The minimum Gasteiger partial charge on any atom is -0.497 e. The van der Waals surface area contributed by atoms with Gasteiger partial charge < -0.3 is 19.3 Å². The first kappa shape index (κ1) is 19.2. The highest BCUT2D eigenvalue weighted by Crippen LogP contribution is 2.24. The van der Waals surface area contributed by atoms with E-state index in [0.717, 1.165) is 49.4 Å². The van der Waals surface area contributed by atoms with Crippen molar-refractivity contribution in [2.24, 2.45) is 5.10 Å². The van der Waals surface area contributed by atoms with Gasteiger partial charge in [-0.05, 0) is 37.8 Å². The van der Waals surface area contributed by atoms with E-state index in [1.54, 1.807) is 20.4 Å². The summed E-state index contributed by atoms with van der Waals surface area (Å²) in [7, 11) is 3.25. The van der Waals surface area contributed by atoms with Crippen LogP contribution in [0.15, 0.2) is 23.3 Å². The van der Waals surface area contributed by atoms with Crippen molar-refractivity contribution in [3.63, 3.8) is 0 Å². The van der Waals surface area contributed by atoms with Gasteiger partial charge in [-0.3, -0.25) is 0 Å². The van der Waals surface area contributed by atoms with Gasteiger partial charge in [0.05, 0.1) is 20.4 Å². The van der Waals surface area contributed by atoms with Crippen LogP contribution in [0, 0.1) is 0 Å². The molecule has 0 amide bonds. The average molecular weight is 397 g/mol. The second-order valence-electron chi connectivity index (χ2n) is 7.13. The minimum atomic E-state index is 0.451. The molecule has 2 aromatic rings. The summed E-state index contributed by atoms with van der Waals surface area (Å²) in [6, 6.07) is 5.58. The zero-order valence-electron chi connectivity index (χ0n) is 17.0. The van der Waals surface area contributed by atoms with Crippen molar-refractivity contribution in [2.45, 2.75) is 25.7 Å². The lowest BCUT2D eigenvalue weighted by Gasteiger charge is -2.20. The number of hydrazone groups is 1. The standard InChI is InChI=1S/C20H27N7O2/c1-28-16-8-7-15(17(13-16)29-2)14-21-25-18-22-19(26-9-3-4-10-26)24-20(23-18)27-11-5-6-12-27/h7-8,13-14H,3-6,9-12H2,1-2H3,(H,22,23,24,25). The maximum absolute atomic E-state index is 5.41. The quantitative estimate of drug-likeness (QED) is 0.563. The summed E-state index contributed by atoms with van der Waals surface area (Å²) >= 11 is 0. The maximum Gasteiger partial charge on any atom is 0.250 e. The van der Waals surface area contributed by atoms with Crippen molar-refractivity contribution in [1.82, 2.24) is 15.0 Å². The van der Waals surface area contributed by atoms with Crippen molar-refractivity contribution in [3.05, 3.63) is 23.8 Å². The molecule has 1 aromatic heterocycles. The largest absolute Gasteiger partial charge is 0.497 e. The lowest BCUT2D eigenvalue weighted by Crippen LogP contribution is -2.25. The molecule has 0 unspecified atom stereocenters. The molecule has 9 heteroatoms. The second kappa shape index (κ2) is 8.93. The van der Waals surface area contributed by atoms with Gasteiger partial charge in [-0.2, -0.15) is 20.1 Å². The Kier molecular flexibility index (Phi) is 5.92. The Labute approximate surface area is 170 Å². The minimum absolute atomic E-state index is 0.451. The fourth-order valence-electron chi connectivity index (χ4n) is 3.61. The number of benzene rings is 1. The zero-order chi connectivity index (χ0) is 20.1. The molecule has 2 aliphatic rings. The highest BCUT2D eigenvalue weighted by Gasteiger charge is 2.21. The average Bonchev–Trinajstić information content (AvgIpc) is 3.48. The van der Waals surface area contributed by atoms with Crippen molar-refractivity contribution in [2.75, 3.05) is 55.6 Å². The number of ether oxygens (including phenoxy) is 2. The molecule has 2 fully saturated rings. The number of anilines is 3. The Morgan fingerprint density at radius 1 is 0.897 bits per heavy atom. The Hall–Kier alpha value is -3.10. The first-order valence-corrected chi connectivity index (χ1v) is 10.0. The van der Waals surface area contributed by atoms with Crippen LogP contribution in [0.4, 0.5) is 17.8 Å². The first-order valence-electron chi connectivity index (χ1n) is 10.0. The summed E-state index contributed by atoms with van der Waals surface area (Å²) in [5.74, 6) is 3.31. The number of methoxy groups -OCH3 is 2. The number of nitrogens with zero attached hydrogens (tertiary/aromatic N) is 6. The molecule has 154 valence electrons. The molecular formula is C20H27N7O2. The molecule has 9 nitrogen and oxygen atoms in total. The predicted molar refractivity (Wildman–Crippen MR) is 113 cm³/mol. The molecular weight excluding hydrogens is 370 g/mol. The molecule has 0 saturated carbocycles. The normalized spacial score (nSPS) is 16.6. The summed E-state index contributed by atoms with van der Waals surface area (Å²) in [5.41, 5.74) is 3.80. The molecule has 0 aliphatic carbocycles. The maximum atomic E-state index is 5.41. The van der Waals surface area contributed by atoms with E-state index in [4.69, 9.17) is 14.5 Å². The number of aromatic nitrogens is 3. The highest BCUT2D eigenvalue weighted by molar-refractivity contribution is 5.84. The summed E-state index contributed by atoms with van der Waals surface area (Å²) in [6.45, 7) is 3.93. The number of hydrogen-bond donors (Lipinski definition) is 1. The summed E-state index contributed by atoms with van der Waals surface area (Å²) in [4.78, 5) is 18.3. The molecule has 29 heavy (non-hydrogen) atoms. The van der Waals surface area contributed by atoms with Crippen LogP contribution in [-0.2, 0) is 0 Å². The van der Waals surface area contributed by atoms with Crippen molar-refractivity contribution in [1.29, 1.82) is 0 Å². The van der Waals surface area contributed by atoms with E-state index in [-0.39, 0.29) is 0 Å². The summed E-state index contributed by atoms with van der Waals surface area (Å²) in [6.07, 6.45) is 6.37. The van der Waals surface area contributed by atoms with E-state index in [9.17, 15) is 0 Å². The summed E-state index contributed by atoms with van der Waals surface area (Å²) in [5, 5.41) is 4.33. The van der Waals surface area contributed by atoms with Gasteiger partial charge in [-0.15, -0.1) is 0 Å². The molecule has 2 saturated heterocycles. The topological polar surface area (TPSA) is 88.0 Å². The van der Waals surface area contributed by atoms with Crippen LogP contribution >= 0.6 is 0 Å². The number of hydrogen-bond acceptors (Lipinski definition) is 9. The van der Waals surface area contributed by atoms with Crippen LogP contribution in [0.5, 0.6) is 11.5 Å². The third-order valence-corrected chi connectivity index (χ3v) is 5.20. The van der Waals surface area contributed by atoms with Gasteiger partial charge in [-0.1, -0.05) is 0 Å². The van der Waals surface area contributed by atoms with E-state index in [1.807, 2.05) is 18.2 Å². The number of rotatable bonds is 7. The van der Waals surface area contributed by atoms with Crippen molar-refractivity contribution in [3.8, 4) is 11.5 Å². The Morgan fingerprint density at radius 2 is 1.52 bits per heavy atom. The SMILES string of the molecule is COc1ccc(C=NNc2nc(N3CCCC3)nc(N3CCCC3)n2)c(OC)c1. The van der Waals surface area contributed by atoms with E-state index in [2.05, 4.69) is 30.3 Å². The van der Waals surface area contributed by atoms with Gasteiger partial charge in [0.15, 0.2) is 0 Å². The second-order valence-corrected chi connectivity index (χ2v) is 7.13. The third kappa shape index (κ3) is 4.49. The van der Waals surface area contributed by atoms with E-state index in [0.29, 0.717) is 11.7 Å². The fourth-order valence-corrected chi connectivity index (χ4v) is 3.61. The smallest absolute Gasteiger partial charge is 0.250 e. The van der Waals surface area contributed by atoms with Gasteiger partial charge in [0.2, 0.25) is 17.8 Å². The lowest BCUT2D eigenvalue weighted by atomic mass is 10.2. The van der Waals surface area contributed by atoms with E-state index in [1.165, 1.54) is 25.7 Å². The van der Waals surface area contributed by atoms with Gasteiger partial charge in [0, 0.05) is 37.8 Å². The Morgan fingerprint density at radius 3 is 2.07 bits per heavy atom. The van der Waals surface area contributed by atoms with Crippen LogP contribution in [-0.4, -0.2) is 61.6 Å². The number of nitrogens with one attached hydrogen (secondary N) is 1. The van der Waals surface area contributed by atoms with Crippen LogP contribution in [0.25, 0.3) is 0 Å². The molecule has 3 heterocycles. The van der Waals surface area contributed by atoms with E-state index >= 15 is 0 Å². The third-order valence-electron chi connectivity index (χ3n) is 5.20. The van der Waals surface area contributed by atoms with Crippen molar-refractivity contribution < 1.29 is 9.47 Å². The van der Waals surface area contributed by atoms with E-state index < -0.39 is 0 Å². The fraction of sp³-hybridized carbons (Fsp3) is 0.500. The van der Waals surface area contributed by atoms with Crippen LogP contribution in [0.2, 0.25) is 0 Å². The molecule has 0 radical (unpaired) electrons. The monoisotopic (exact) mass is 397 g/mol. The Balaban J connectivity index is 1.55. The van der Waals surface area contributed by atoms with Crippen LogP contribution in [0.1, 0.15) is 31.2 Å². The predicted octanol–water partition coefficient (Wildman–Crippen LogP) is 2.54. The molecule has 0 spiro atoms. The molecule has 1 N–H and O–H groups in total. The first-order chi connectivity index (χ1) is 14.3. The van der Waals surface area contributed by atoms with Gasteiger partial charge in [0.25, 0.3) is 0 Å². The van der Waals surface area contributed by atoms with Gasteiger partial charge in [-0.25, -0.2) is 5.43 Å². The van der Waals surface area contributed by atoms with Crippen LogP contribution < -0.4 is 24.7 Å².